The summed E-state index contributed by atoms with van der Waals surface area (Å²) in [6, 6.07) is 9.86. The monoisotopic (exact) mass is 269 g/mol. The first kappa shape index (κ1) is 14.1. The highest BCUT2D eigenvalue weighted by Crippen LogP contribution is 2.23. The number of nitrogens with one attached hydrogen (secondary N) is 2. The number of benzene rings is 1. The van der Waals surface area contributed by atoms with Crippen LogP contribution in [0.3, 0.4) is 0 Å². The van der Waals surface area contributed by atoms with Crippen molar-refractivity contribution in [2.75, 3.05) is 10.6 Å². The van der Waals surface area contributed by atoms with Crippen LogP contribution in [0, 0.1) is 13.8 Å². The average molecular weight is 269 g/mol. The highest BCUT2D eigenvalue weighted by molar-refractivity contribution is 5.90. The molecular weight excluding hydrogens is 250 g/mol. The molecule has 0 unspecified atom stereocenters. The molecule has 0 spiro atoms. The summed E-state index contributed by atoms with van der Waals surface area (Å²) in [6.45, 7) is 5.94. The predicted molar refractivity (Wildman–Crippen MR) is 82.4 cm³/mol. The Morgan fingerprint density at radius 1 is 1.15 bits per heavy atom. The van der Waals surface area contributed by atoms with E-state index in [9.17, 15) is 4.79 Å². The lowest BCUT2D eigenvalue weighted by Crippen LogP contribution is -2.09. The molecule has 1 aromatic carbocycles. The molecule has 2 N–H and O–H groups in total. The minimum Gasteiger partial charge on any atom is -0.340 e. The van der Waals surface area contributed by atoms with Gasteiger partial charge in [-0.3, -0.25) is 4.79 Å². The number of pyridine rings is 1. The van der Waals surface area contributed by atoms with Gasteiger partial charge in [0.1, 0.15) is 5.82 Å². The van der Waals surface area contributed by atoms with E-state index in [2.05, 4.69) is 41.6 Å². The summed E-state index contributed by atoms with van der Waals surface area (Å²) in [5, 5.41) is 6.09. The van der Waals surface area contributed by atoms with Gasteiger partial charge in [0.05, 0.1) is 11.9 Å². The SMILES string of the molecule is CCC(=O)Nc1ccc(Nc2c(C)cccc2C)nc1. The minimum atomic E-state index is -0.0118. The topological polar surface area (TPSA) is 54.0 Å². The summed E-state index contributed by atoms with van der Waals surface area (Å²) in [5.74, 6) is 0.749. The molecule has 20 heavy (non-hydrogen) atoms. The van der Waals surface area contributed by atoms with E-state index < -0.39 is 0 Å². The molecule has 0 bridgehead atoms. The van der Waals surface area contributed by atoms with Crippen LogP contribution in [0.15, 0.2) is 36.5 Å². The molecule has 0 fully saturated rings. The highest BCUT2D eigenvalue weighted by Gasteiger charge is 2.04. The Bertz CT molecular complexity index is 585. The average Bonchev–Trinajstić information content (AvgIpc) is 2.44. The van der Waals surface area contributed by atoms with Crippen LogP contribution >= 0.6 is 0 Å². The molecule has 1 heterocycles. The van der Waals surface area contributed by atoms with E-state index in [1.807, 2.05) is 25.1 Å². The molecular formula is C16H19N3O. The molecule has 0 saturated carbocycles. The van der Waals surface area contributed by atoms with Gasteiger partial charge in [-0.15, -0.1) is 0 Å². The Morgan fingerprint density at radius 3 is 2.40 bits per heavy atom. The molecule has 2 aromatic rings. The first-order valence-corrected chi connectivity index (χ1v) is 6.69. The predicted octanol–water partition coefficient (Wildman–Crippen LogP) is 3.79. The first-order valence-electron chi connectivity index (χ1n) is 6.69. The van der Waals surface area contributed by atoms with Crippen LogP contribution in [0.2, 0.25) is 0 Å². The van der Waals surface area contributed by atoms with Gasteiger partial charge in [0.25, 0.3) is 0 Å². The third kappa shape index (κ3) is 3.35. The van der Waals surface area contributed by atoms with E-state index in [4.69, 9.17) is 0 Å². The fourth-order valence-corrected chi connectivity index (χ4v) is 1.93. The zero-order valence-corrected chi connectivity index (χ0v) is 12.0. The zero-order chi connectivity index (χ0) is 14.5. The number of hydrogen-bond donors (Lipinski definition) is 2. The van der Waals surface area contributed by atoms with Crippen molar-refractivity contribution in [3.63, 3.8) is 0 Å². The second kappa shape index (κ2) is 6.19. The van der Waals surface area contributed by atoms with E-state index in [1.54, 1.807) is 6.20 Å². The largest absolute Gasteiger partial charge is 0.340 e. The molecule has 0 atom stereocenters. The van der Waals surface area contributed by atoms with Crippen LogP contribution in [-0.2, 0) is 4.79 Å². The van der Waals surface area contributed by atoms with Crippen molar-refractivity contribution in [2.45, 2.75) is 27.2 Å². The zero-order valence-electron chi connectivity index (χ0n) is 12.0. The van der Waals surface area contributed by atoms with Crippen molar-refractivity contribution in [3.05, 3.63) is 47.7 Å². The number of para-hydroxylation sites is 1. The van der Waals surface area contributed by atoms with Crippen LogP contribution in [-0.4, -0.2) is 10.9 Å². The van der Waals surface area contributed by atoms with E-state index in [-0.39, 0.29) is 5.91 Å². The number of aryl methyl sites for hydroxylation is 2. The number of amides is 1. The lowest BCUT2D eigenvalue weighted by Gasteiger charge is -2.12. The Kier molecular flexibility index (Phi) is 4.35. The lowest BCUT2D eigenvalue weighted by atomic mass is 10.1. The molecule has 104 valence electrons. The molecule has 0 aliphatic heterocycles. The van der Waals surface area contributed by atoms with E-state index in [0.717, 1.165) is 11.5 Å². The quantitative estimate of drug-likeness (QED) is 0.887. The first-order chi connectivity index (χ1) is 9.60. The Labute approximate surface area is 119 Å². The number of anilines is 3. The summed E-state index contributed by atoms with van der Waals surface area (Å²) < 4.78 is 0. The van der Waals surface area contributed by atoms with Gasteiger partial charge in [-0.25, -0.2) is 4.98 Å². The van der Waals surface area contributed by atoms with Crippen molar-refractivity contribution >= 4 is 23.1 Å². The number of carbonyl (C=O) groups excluding carboxylic acids is 1. The van der Waals surface area contributed by atoms with Crippen LogP contribution < -0.4 is 10.6 Å². The summed E-state index contributed by atoms with van der Waals surface area (Å²) in [7, 11) is 0. The van der Waals surface area contributed by atoms with Gasteiger partial charge in [-0.2, -0.15) is 0 Å². The van der Waals surface area contributed by atoms with Gasteiger partial charge in [0.2, 0.25) is 5.91 Å². The molecule has 1 amide bonds. The van der Waals surface area contributed by atoms with Gasteiger partial charge in [-0.1, -0.05) is 25.1 Å². The summed E-state index contributed by atoms with van der Waals surface area (Å²) >= 11 is 0. The molecule has 4 nitrogen and oxygen atoms in total. The molecule has 0 saturated heterocycles. The van der Waals surface area contributed by atoms with Crippen molar-refractivity contribution < 1.29 is 4.79 Å². The van der Waals surface area contributed by atoms with Crippen molar-refractivity contribution in [2.24, 2.45) is 0 Å². The Hall–Kier alpha value is -2.36. The molecule has 4 heteroatoms. The van der Waals surface area contributed by atoms with Crippen LogP contribution in [0.5, 0.6) is 0 Å². The lowest BCUT2D eigenvalue weighted by molar-refractivity contribution is -0.115. The standard InChI is InChI=1S/C16H19N3O/c1-4-15(20)18-13-8-9-14(17-10-13)19-16-11(2)6-5-7-12(16)3/h5-10H,4H2,1-3H3,(H,17,19)(H,18,20). The van der Waals surface area contributed by atoms with E-state index >= 15 is 0 Å². The summed E-state index contributed by atoms with van der Waals surface area (Å²) in [4.78, 5) is 15.6. The third-order valence-electron chi connectivity index (χ3n) is 3.10. The second-order valence-corrected chi connectivity index (χ2v) is 4.73. The number of carbonyl (C=O) groups is 1. The van der Waals surface area contributed by atoms with Gasteiger partial charge >= 0.3 is 0 Å². The fraction of sp³-hybridized carbons (Fsp3) is 0.250. The molecule has 2 rings (SSSR count). The minimum absolute atomic E-state index is 0.0118. The summed E-state index contributed by atoms with van der Waals surface area (Å²) in [6.07, 6.45) is 2.12. The molecule has 1 aromatic heterocycles. The van der Waals surface area contributed by atoms with Gasteiger partial charge in [-0.05, 0) is 37.1 Å². The van der Waals surface area contributed by atoms with Crippen LogP contribution in [0.1, 0.15) is 24.5 Å². The van der Waals surface area contributed by atoms with Crippen molar-refractivity contribution in [3.8, 4) is 0 Å². The molecule has 0 aliphatic carbocycles. The maximum atomic E-state index is 11.3. The van der Waals surface area contributed by atoms with Crippen LogP contribution in [0.4, 0.5) is 17.2 Å². The summed E-state index contributed by atoms with van der Waals surface area (Å²) in [5.41, 5.74) is 4.14. The Morgan fingerprint density at radius 2 is 1.85 bits per heavy atom. The number of rotatable bonds is 4. The normalized spacial score (nSPS) is 10.2. The molecule has 0 aliphatic rings. The second-order valence-electron chi connectivity index (χ2n) is 4.73. The Balaban J connectivity index is 2.13. The maximum Gasteiger partial charge on any atom is 0.224 e. The van der Waals surface area contributed by atoms with Gasteiger partial charge in [0.15, 0.2) is 0 Å². The van der Waals surface area contributed by atoms with Crippen molar-refractivity contribution in [1.29, 1.82) is 0 Å². The maximum absolute atomic E-state index is 11.3. The fourth-order valence-electron chi connectivity index (χ4n) is 1.93. The van der Waals surface area contributed by atoms with Crippen molar-refractivity contribution in [1.82, 2.24) is 4.98 Å². The number of aromatic nitrogens is 1. The van der Waals surface area contributed by atoms with E-state index in [0.29, 0.717) is 12.1 Å². The third-order valence-corrected chi connectivity index (χ3v) is 3.10. The van der Waals surface area contributed by atoms with Crippen LogP contribution in [0.25, 0.3) is 0 Å². The van der Waals surface area contributed by atoms with Gasteiger partial charge in [0, 0.05) is 12.1 Å². The highest BCUT2D eigenvalue weighted by atomic mass is 16.1. The smallest absolute Gasteiger partial charge is 0.224 e. The molecule has 0 radical (unpaired) electrons. The van der Waals surface area contributed by atoms with E-state index in [1.165, 1.54) is 11.1 Å². The number of nitrogens with zero attached hydrogens (tertiary/aromatic N) is 1. The number of hydrogen-bond acceptors (Lipinski definition) is 3. The van der Waals surface area contributed by atoms with Gasteiger partial charge < -0.3 is 10.6 Å².